The molecule has 0 spiro atoms. The molecule has 4 aromatic rings. The van der Waals surface area contributed by atoms with Gasteiger partial charge < -0.3 is 25.6 Å². The van der Waals surface area contributed by atoms with E-state index in [-0.39, 0.29) is 55.2 Å². The number of carbonyl (C=O) groups excluding carboxylic acids is 4. The van der Waals surface area contributed by atoms with Crippen molar-refractivity contribution in [3.8, 4) is 0 Å². The Labute approximate surface area is 302 Å². The number of Topliss-reactive ketones (excluding diaryl/α,β-unsaturated/α-hetero) is 1. The number of ketones is 2. The van der Waals surface area contributed by atoms with Crippen LogP contribution in [0.15, 0.2) is 110 Å². The second-order valence-electron chi connectivity index (χ2n) is 10.9. The van der Waals surface area contributed by atoms with Gasteiger partial charge >= 0.3 is 11.9 Å². The number of hydrogen-bond acceptors (Lipinski definition) is 7. The smallest absolute Gasteiger partial charge is 0.337 e. The summed E-state index contributed by atoms with van der Waals surface area (Å²) in [5, 5.41) is 24.0. The Morgan fingerprint density at radius 3 is 1.67 bits per heavy atom. The Morgan fingerprint density at radius 2 is 1.20 bits per heavy atom. The minimum Gasteiger partial charge on any atom is -0.478 e. The average molecular weight is 730 g/mol. The normalized spacial score (nSPS) is 13.4. The fraction of sp³-hybridized carbons (Fsp3) is 0.105. The summed E-state index contributed by atoms with van der Waals surface area (Å²) in [5.74, 6) is -3.90. The van der Waals surface area contributed by atoms with E-state index in [2.05, 4.69) is 17.2 Å². The molecule has 4 aromatic carbocycles. The lowest BCUT2D eigenvalue weighted by atomic mass is 10.0. The van der Waals surface area contributed by atoms with Crippen molar-refractivity contribution >= 4 is 69.9 Å². The van der Waals surface area contributed by atoms with Crippen LogP contribution in [0.25, 0.3) is 0 Å². The molecule has 1 aliphatic heterocycles. The van der Waals surface area contributed by atoms with Crippen molar-refractivity contribution in [2.45, 2.75) is 18.9 Å². The van der Waals surface area contributed by atoms with Crippen LogP contribution in [0.5, 0.6) is 0 Å². The number of rotatable bonds is 11. The molecule has 4 N–H and O–H groups in total. The van der Waals surface area contributed by atoms with Gasteiger partial charge in [0, 0.05) is 38.9 Å². The average Bonchev–Trinajstić information content (AvgIpc) is 3.67. The molecule has 0 radical (unpaired) electrons. The zero-order chi connectivity index (χ0) is 37.1. The van der Waals surface area contributed by atoms with Crippen molar-refractivity contribution in [2.75, 3.05) is 17.2 Å². The molecule has 1 heterocycles. The fourth-order valence-electron chi connectivity index (χ4n) is 4.84. The maximum atomic E-state index is 12.5. The lowest BCUT2D eigenvalue weighted by molar-refractivity contribution is 0.0642. The van der Waals surface area contributed by atoms with Crippen LogP contribution in [0.2, 0.25) is 10.0 Å². The van der Waals surface area contributed by atoms with E-state index in [1.54, 1.807) is 30.3 Å². The number of carboxylic acid groups (broad SMARTS) is 2. The fourth-order valence-corrected chi connectivity index (χ4v) is 5.19. The minimum atomic E-state index is -1.21. The van der Waals surface area contributed by atoms with Crippen molar-refractivity contribution in [3.05, 3.63) is 153 Å². The Kier molecular flexibility index (Phi) is 13.1. The van der Waals surface area contributed by atoms with Gasteiger partial charge in [-0.1, -0.05) is 66.2 Å². The molecule has 1 fully saturated rings. The maximum Gasteiger partial charge on any atom is 0.337 e. The van der Waals surface area contributed by atoms with Gasteiger partial charge in [-0.05, 0) is 79.6 Å². The van der Waals surface area contributed by atoms with Crippen LogP contribution >= 0.6 is 23.2 Å². The Balaban J connectivity index is 0.000000229. The van der Waals surface area contributed by atoms with Crippen LogP contribution < -0.4 is 10.6 Å². The molecule has 0 saturated carbocycles. The molecule has 1 saturated heterocycles. The lowest BCUT2D eigenvalue weighted by Gasteiger charge is -2.11. The molecular weight excluding hydrogens is 699 g/mol. The van der Waals surface area contributed by atoms with Crippen LogP contribution in [0.3, 0.4) is 0 Å². The van der Waals surface area contributed by atoms with Crippen molar-refractivity contribution in [1.82, 2.24) is 0 Å². The van der Waals surface area contributed by atoms with E-state index in [4.69, 9.17) is 27.9 Å². The zero-order valence-electron chi connectivity index (χ0n) is 26.7. The molecule has 0 aliphatic carbocycles. The third-order valence-electron chi connectivity index (χ3n) is 7.34. The van der Waals surface area contributed by atoms with E-state index in [0.717, 1.165) is 6.42 Å². The second-order valence-corrected chi connectivity index (χ2v) is 11.8. The summed E-state index contributed by atoms with van der Waals surface area (Å²) in [6.07, 6.45) is 5.35. The molecular formula is C38H30Cl2N2O9. The SMILES string of the molecule is C=C/C=C/C(=O)c1cccc(C(=O)Nc2ccc(Cl)cc2C(=O)O)c1.O=C(Nc1ccc(Cl)cc1C(=O)O)c1cccc(C(=O)C2CCCO2)c1. The predicted octanol–water partition coefficient (Wildman–Crippen LogP) is 7.87. The number of carbonyl (C=O) groups is 6. The van der Waals surface area contributed by atoms with Crippen molar-refractivity contribution < 1.29 is 43.7 Å². The first-order valence-electron chi connectivity index (χ1n) is 15.3. The number of halogens is 2. The summed E-state index contributed by atoms with van der Waals surface area (Å²) in [7, 11) is 0. The summed E-state index contributed by atoms with van der Waals surface area (Å²) >= 11 is 11.6. The number of nitrogens with one attached hydrogen (secondary N) is 2. The van der Waals surface area contributed by atoms with Crippen molar-refractivity contribution in [2.24, 2.45) is 0 Å². The van der Waals surface area contributed by atoms with Crippen LogP contribution in [0.4, 0.5) is 11.4 Å². The number of aromatic carboxylic acids is 2. The van der Waals surface area contributed by atoms with Crippen molar-refractivity contribution in [3.63, 3.8) is 0 Å². The first-order valence-corrected chi connectivity index (χ1v) is 16.0. The highest BCUT2D eigenvalue weighted by Crippen LogP contribution is 2.24. The number of anilines is 2. The highest BCUT2D eigenvalue weighted by Gasteiger charge is 2.25. The molecule has 5 rings (SSSR count). The molecule has 0 bridgehead atoms. The number of ether oxygens (including phenoxy) is 1. The topological polar surface area (TPSA) is 176 Å². The van der Waals surface area contributed by atoms with Gasteiger partial charge in [-0.15, -0.1) is 0 Å². The number of hydrogen-bond donors (Lipinski definition) is 4. The Hall–Kier alpha value is -5.88. The Morgan fingerprint density at radius 1 is 0.706 bits per heavy atom. The van der Waals surface area contributed by atoms with Crippen molar-refractivity contribution in [1.29, 1.82) is 0 Å². The van der Waals surface area contributed by atoms with E-state index in [0.29, 0.717) is 24.2 Å². The van der Waals surface area contributed by atoms with E-state index < -0.39 is 29.9 Å². The molecule has 51 heavy (non-hydrogen) atoms. The molecule has 260 valence electrons. The third-order valence-corrected chi connectivity index (χ3v) is 7.81. The first-order chi connectivity index (χ1) is 24.4. The number of amides is 2. The quantitative estimate of drug-likeness (QED) is 0.0680. The second kappa shape index (κ2) is 17.7. The first kappa shape index (κ1) is 37.9. The van der Waals surface area contributed by atoms with Crippen LogP contribution in [-0.4, -0.2) is 58.2 Å². The molecule has 1 aliphatic rings. The highest BCUT2D eigenvalue weighted by atomic mass is 35.5. The monoisotopic (exact) mass is 728 g/mol. The summed E-state index contributed by atoms with van der Waals surface area (Å²) in [5.41, 5.74) is 1.20. The van der Waals surface area contributed by atoms with Crippen LogP contribution in [0.1, 0.15) is 75.0 Å². The summed E-state index contributed by atoms with van der Waals surface area (Å²) < 4.78 is 5.39. The highest BCUT2D eigenvalue weighted by molar-refractivity contribution is 6.31. The van der Waals surface area contributed by atoms with Gasteiger partial charge in [0.1, 0.15) is 6.10 Å². The maximum absolute atomic E-state index is 12.5. The number of allylic oxidation sites excluding steroid dienone is 3. The van der Waals surface area contributed by atoms with E-state index >= 15 is 0 Å². The summed E-state index contributed by atoms with van der Waals surface area (Å²) in [6.45, 7) is 4.05. The van der Waals surface area contributed by atoms with Crippen LogP contribution in [0, 0.1) is 0 Å². The lowest BCUT2D eigenvalue weighted by Crippen LogP contribution is -2.20. The molecule has 1 unspecified atom stereocenters. The van der Waals surface area contributed by atoms with Gasteiger partial charge in [0.05, 0.1) is 22.5 Å². The molecule has 11 nitrogen and oxygen atoms in total. The van der Waals surface area contributed by atoms with Gasteiger partial charge in [-0.2, -0.15) is 0 Å². The molecule has 0 aromatic heterocycles. The third kappa shape index (κ3) is 10.3. The largest absolute Gasteiger partial charge is 0.478 e. The minimum absolute atomic E-state index is 0.113. The molecule has 13 heteroatoms. The standard InChI is InChI=1S/C19H16ClNO5.C19H14ClNO4/c20-13-6-7-15(14(10-13)19(24)25)21-18(23)12-4-1-3-11(9-12)17(22)16-5-2-8-26-16;1-2-3-7-17(22)12-5-4-6-13(10-12)18(23)21-16-9-8-14(20)11-15(16)19(24)25/h1,3-4,6-7,9-10,16H,2,5,8H2,(H,21,23)(H,24,25);2-11H,1H2,(H,21,23)(H,24,25)/b;7-3+. The van der Waals surface area contributed by atoms with Gasteiger partial charge in [0.2, 0.25) is 0 Å². The van der Waals surface area contributed by atoms with Gasteiger partial charge in [0.15, 0.2) is 11.6 Å². The Bertz CT molecular complexity index is 2050. The molecule has 1 atom stereocenters. The van der Waals surface area contributed by atoms with Gasteiger partial charge in [-0.3, -0.25) is 19.2 Å². The van der Waals surface area contributed by atoms with E-state index in [1.807, 2.05) is 0 Å². The van der Waals surface area contributed by atoms with E-state index in [1.165, 1.54) is 72.8 Å². The number of benzene rings is 4. The number of carboxylic acids is 2. The van der Waals surface area contributed by atoms with Crippen LogP contribution in [-0.2, 0) is 4.74 Å². The van der Waals surface area contributed by atoms with Gasteiger partial charge in [0.25, 0.3) is 11.8 Å². The zero-order valence-corrected chi connectivity index (χ0v) is 28.2. The summed E-state index contributed by atoms with van der Waals surface area (Å²) in [4.78, 5) is 71.8. The van der Waals surface area contributed by atoms with Gasteiger partial charge in [-0.25, -0.2) is 9.59 Å². The summed E-state index contributed by atoms with van der Waals surface area (Å²) in [6, 6.07) is 20.7. The predicted molar refractivity (Wildman–Crippen MR) is 193 cm³/mol. The van der Waals surface area contributed by atoms with E-state index in [9.17, 15) is 39.0 Å². The molecule has 2 amide bonds.